The van der Waals surface area contributed by atoms with Gasteiger partial charge in [0, 0.05) is 26.3 Å². The van der Waals surface area contributed by atoms with Gasteiger partial charge in [-0.05, 0) is 23.3 Å². The van der Waals surface area contributed by atoms with Gasteiger partial charge in [0.05, 0.1) is 0 Å². The second-order valence-corrected chi connectivity index (χ2v) is 5.09. The van der Waals surface area contributed by atoms with E-state index in [9.17, 15) is 9.90 Å². The first-order valence-corrected chi connectivity index (χ1v) is 6.85. The highest BCUT2D eigenvalue weighted by atomic mass is 16.3. The molecule has 2 rings (SSSR count). The second-order valence-electron chi connectivity index (χ2n) is 5.09. The molecule has 110 valence electrons. The topological polar surface area (TPSA) is 52.6 Å². The van der Waals surface area contributed by atoms with E-state index < -0.39 is 12.0 Å². The molecule has 0 heterocycles. The van der Waals surface area contributed by atoms with E-state index in [1.807, 2.05) is 49.3 Å². The Morgan fingerprint density at radius 1 is 1.10 bits per heavy atom. The predicted octanol–water partition coefficient (Wildman–Crippen LogP) is 2.10. The fourth-order valence-corrected chi connectivity index (χ4v) is 1.98. The third-order valence-electron chi connectivity index (χ3n) is 3.28. The average molecular weight is 284 g/mol. The zero-order valence-corrected chi connectivity index (χ0v) is 12.3. The van der Waals surface area contributed by atoms with Gasteiger partial charge < -0.3 is 15.3 Å². The molecule has 21 heavy (non-hydrogen) atoms. The maximum Gasteiger partial charge on any atom is 0.253 e. The fraction of sp³-hybridized carbons (Fsp3) is 0.235. The number of hydrogen-bond donors (Lipinski definition) is 2. The van der Waals surface area contributed by atoms with Crippen LogP contribution in [0.2, 0.25) is 0 Å². The van der Waals surface area contributed by atoms with Crippen molar-refractivity contribution in [2.75, 3.05) is 19.0 Å². The van der Waals surface area contributed by atoms with Crippen molar-refractivity contribution in [2.24, 2.45) is 0 Å². The first-order valence-electron chi connectivity index (χ1n) is 6.85. The van der Waals surface area contributed by atoms with Crippen molar-refractivity contribution in [1.82, 2.24) is 5.32 Å². The molecule has 2 aromatic carbocycles. The number of nitrogens with one attached hydrogen (secondary N) is 1. The second kappa shape index (κ2) is 6.90. The van der Waals surface area contributed by atoms with Crippen LogP contribution < -0.4 is 10.2 Å². The first kappa shape index (κ1) is 15.1. The molecular formula is C17H20N2O2. The molecule has 1 atom stereocenters. The molecule has 0 aliphatic heterocycles. The molecule has 4 nitrogen and oxygen atoms in total. The summed E-state index contributed by atoms with van der Waals surface area (Å²) < 4.78 is 0. The van der Waals surface area contributed by atoms with Gasteiger partial charge >= 0.3 is 0 Å². The van der Waals surface area contributed by atoms with Gasteiger partial charge in [-0.2, -0.15) is 0 Å². The molecule has 0 saturated heterocycles. The Kier molecular flexibility index (Phi) is 4.95. The summed E-state index contributed by atoms with van der Waals surface area (Å²) in [6.45, 7) is 0.399. The van der Waals surface area contributed by atoms with E-state index >= 15 is 0 Å². The van der Waals surface area contributed by atoms with E-state index in [4.69, 9.17) is 0 Å². The van der Waals surface area contributed by atoms with Gasteiger partial charge in [0.25, 0.3) is 5.91 Å². The van der Waals surface area contributed by atoms with Crippen molar-refractivity contribution in [3.63, 3.8) is 0 Å². The van der Waals surface area contributed by atoms with Gasteiger partial charge in [-0.1, -0.05) is 42.5 Å². The summed E-state index contributed by atoms with van der Waals surface area (Å²) in [7, 11) is 3.96. The van der Waals surface area contributed by atoms with Gasteiger partial charge in [-0.15, -0.1) is 0 Å². The van der Waals surface area contributed by atoms with E-state index in [0.717, 1.165) is 11.3 Å². The monoisotopic (exact) mass is 284 g/mol. The summed E-state index contributed by atoms with van der Waals surface area (Å²) >= 11 is 0. The van der Waals surface area contributed by atoms with Gasteiger partial charge in [0.2, 0.25) is 0 Å². The summed E-state index contributed by atoms with van der Waals surface area (Å²) in [5.74, 6) is -0.391. The maximum atomic E-state index is 11.9. The quantitative estimate of drug-likeness (QED) is 0.884. The molecular weight excluding hydrogens is 264 g/mol. The van der Waals surface area contributed by atoms with Crippen molar-refractivity contribution in [3.05, 3.63) is 65.7 Å². The van der Waals surface area contributed by atoms with Crippen LogP contribution in [-0.2, 0) is 11.3 Å². The van der Waals surface area contributed by atoms with Crippen LogP contribution in [0.4, 0.5) is 5.69 Å². The lowest BCUT2D eigenvalue weighted by Gasteiger charge is -2.14. The summed E-state index contributed by atoms with van der Waals surface area (Å²) in [6, 6.07) is 16.8. The molecule has 0 fully saturated rings. The third kappa shape index (κ3) is 4.07. The first-order chi connectivity index (χ1) is 10.1. The number of carbonyl (C=O) groups excluding carboxylic acids is 1. The van der Waals surface area contributed by atoms with Crippen LogP contribution in [0.3, 0.4) is 0 Å². The van der Waals surface area contributed by atoms with Crippen LogP contribution in [0.5, 0.6) is 0 Å². The van der Waals surface area contributed by atoms with E-state index in [1.54, 1.807) is 24.3 Å². The predicted molar refractivity (Wildman–Crippen MR) is 84.0 cm³/mol. The Bertz CT molecular complexity index is 579. The van der Waals surface area contributed by atoms with Crippen LogP contribution in [-0.4, -0.2) is 25.1 Å². The molecule has 0 spiro atoms. The molecule has 0 bridgehead atoms. The third-order valence-corrected chi connectivity index (χ3v) is 3.28. The lowest BCUT2D eigenvalue weighted by molar-refractivity contribution is -0.129. The number of amides is 1. The van der Waals surface area contributed by atoms with Gasteiger partial charge in [-0.3, -0.25) is 4.79 Å². The standard InChI is InChI=1S/C17H20N2O2/c1-19(2)15-10-8-13(9-11-15)12-18-17(21)16(20)14-6-4-3-5-7-14/h3-11,16,20H,12H2,1-2H3,(H,18,21). The Labute approximate surface area is 125 Å². The van der Waals surface area contributed by atoms with Crippen molar-refractivity contribution < 1.29 is 9.90 Å². The van der Waals surface area contributed by atoms with Gasteiger partial charge in [0.15, 0.2) is 6.10 Å². The van der Waals surface area contributed by atoms with Crippen LogP contribution in [0.25, 0.3) is 0 Å². The van der Waals surface area contributed by atoms with E-state index in [1.165, 1.54) is 0 Å². The van der Waals surface area contributed by atoms with E-state index in [-0.39, 0.29) is 0 Å². The molecule has 2 N–H and O–H groups in total. The van der Waals surface area contributed by atoms with Crippen LogP contribution in [0, 0.1) is 0 Å². The molecule has 0 aliphatic rings. The number of rotatable bonds is 5. The summed E-state index contributed by atoms with van der Waals surface area (Å²) in [4.78, 5) is 13.9. The fourth-order valence-electron chi connectivity index (χ4n) is 1.98. The molecule has 2 aromatic rings. The highest BCUT2D eigenvalue weighted by Gasteiger charge is 2.16. The normalized spacial score (nSPS) is 11.8. The zero-order valence-electron chi connectivity index (χ0n) is 12.3. The maximum absolute atomic E-state index is 11.9. The van der Waals surface area contributed by atoms with E-state index in [2.05, 4.69) is 5.32 Å². The van der Waals surface area contributed by atoms with Gasteiger partial charge in [0.1, 0.15) is 0 Å². The summed E-state index contributed by atoms with van der Waals surface area (Å²) in [5.41, 5.74) is 2.70. The molecule has 0 radical (unpaired) electrons. The van der Waals surface area contributed by atoms with Crippen molar-refractivity contribution >= 4 is 11.6 Å². The molecule has 0 aromatic heterocycles. The highest BCUT2D eigenvalue weighted by molar-refractivity contribution is 5.81. The number of aliphatic hydroxyl groups is 1. The number of nitrogens with zero attached hydrogens (tertiary/aromatic N) is 1. The smallest absolute Gasteiger partial charge is 0.253 e. The van der Waals surface area contributed by atoms with Crippen molar-refractivity contribution in [2.45, 2.75) is 12.6 Å². The Morgan fingerprint density at radius 3 is 2.29 bits per heavy atom. The van der Waals surface area contributed by atoms with E-state index in [0.29, 0.717) is 12.1 Å². The minimum Gasteiger partial charge on any atom is -0.378 e. The Balaban J connectivity index is 1.92. The summed E-state index contributed by atoms with van der Waals surface area (Å²) in [5, 5.41) is 12.7. The Morgan fingerprint density at radius 2 is 1.71 bits per heavy atom. The number of carbonyl (C=O) groups is 1. The lowest BCUT2D eigenvalue weighted by atomic mass is 10.1. The number of anilines is 1. The molecule has 1 amide bonds. The number of benzene rings is 2. The van der Waals surface area contributed by atoms with Crippen LogP contribution >= 0.6 is 0 Å². The lowest BCUT2D eigenvalue weighted by Crippen LogP contribution is -2.28. The molecule has 1 unspecified atom stereocenters. The van der Waals surface area contributed by atoms with Crippen molar-refractivity contribution in [3.8, 4) is 0 Å². The Hall–Kier alpha value is -2.33. The number of aliphatic hydroxyl groups excluding tert-OH is 1. The highest BCUT2D eigenvalue weighted by Crippen LogP contribution is 2.14. The molecule has 0 saturated carbocycles. The minimum atomic E-state index is -1.13. The van der Waals surface area contributed by atoms with Crippen LogP contribution in [0.1, 0.15) is 17.2 Å². The minimum absolute atomic E-state index is 0.391. The largest absolute Gasteiger partial charge is 0.378 e. The van der Waals surface area contributed by atoms with Crippen molar-refractivity contribution in [1.29, 1.82) is 0 Å². The average Bonchev–Trinajstić information content (AvgIpc) is 2.53. The molecule has 4 heteroatoms. The molecule has 0 aliphatic carbocycles. The van der Waals surface area contributed by atoms with Crippen LogP contribution in [0.15, 0.2) is 54.6 Å². The number of hydrogen-bond acceptors (Lipinski definition) is 3. The SMILES string of the molecule is CN(C)c1ccc(CNC(=O)C(O)c2ccccc2)cc1. The van der Waals surface area contributed by atoms with Gasteiger partial charge in [-0.25, -0.2) is 0 Å². The zero-order chi connectivity index (χ0) is 15.2. The summed E-state index contributed by atoms with van der Waals surface area (Å²) in [6.07, 6.45) is -1.13.